The van der Waals surface area contributed by atoms with Crippen LogP contribution in [0, 0.1) is 0 Å². The molecule has 0 saturated heterocycles. The molecule has 0 amide bonds. The normalized spacial score (nSPS) is 12.7. The third-order valence-electron chi connectivity index (χ3n) is 5.72. The van der Waals surface area contributed by atoms with Crippen molar-refractivity contribution in [2.45, 2.75) is 141 Å². The minimum atomic E-state index is -4.16. The van der Waals surface area contributed by atoms with Gasteiger partial charge in [-0.15, -0.1) is 0 Å². The van der Waals surface area contributed by atoms with E-state index in [1.54, 1.807) is 0 Å². The van der Waals surface area contributed by atoms with Crippen LogP contribution in [0.25, 0.3) is 0 Å². The van der Waals surface area contributed by atoms with Crippen molar-refractivity contribution < 1.29 is 69.5 Å². The third kappa shape index (κ3) is 24.0. The second-order valence-electron chi connectivity index (χ2n) is 8.43. The fraction of sp³-hybridized carbons (Fsp3) is 1.00. The molecule has 1 atom stereocenters. The van der Waals surface area contributed by atoms with Crippen molar-refractivity contribution in [3.63, 3.8) is 0 Å². The van der Waals surface area contributed by atoms with Crippen LogP contribution in [0.1, 0.15) is 135 Å². The molecule has 6 heteroatoms. The Morgan fingerprint density at radius 3 is 1.24 bits per heavy atom. The summed E-state index contributed by atoms with van der Waals surface area (Å²) < 4.78 is 34.5. The Morgan fingerprint density at radius 1 is 0.621 bits per heavy atom. The average molecular weight is 459 g/mol. The van der Waals surface area contributed by atoms with E-state index < -0.39 is 15.4 Å². The van der Waals surface area contributed by atoms with Crippen LogP contribution in [-0.2, 0) is 10.1 Å². The number of unbranched alkanes of at least 4 members (excludes halogenated alkanes) is 16. The van der Waals surface area contributed by atoms with Crippen LogP contribution in [0.15, 0.2) is 0 Å². The van der Waals surface area contributed by atoms with Gasteiger partial charge in [-0.05, 0) is 19.3 Å². The van der Waals surface area contributed by atoms with Crippen LogP contribution in [0.3, 0.4) is 0 Å². The van der Waals surface area contributed by atoms with Gasteiger partial charge >= 0.3 is 51.4 Å². The van der Waals surface area contributed by atoms with Crippen LogP contribution in [0.2, 0.25) is 0 Å². The van der Waals surface area contributed by atoms with Crippen LogP contribution < -0.4 is 51.4 Å². The molecule has 0 rings (SSSR count). The molecule has 0 aliphatic heterocycles. The van der Waals surface area contributed by atoms with Crippen molar-refractivity contribution in [2.75, 3.05) is 6.61 Å². The molecule has 0 radical (unpaired) electrons. The second kappa shape index (κ2) is 24.2. The summed E-state index contributed by atoms with van der Waals surface area (Å²) in [5.41, 5.74) is 0. The fourth-order valence-electron chi connectivity index (χ4n) is 3.84. The first kappa shape index (κ1) is 32.7. The number of hydrogen-bond donors (Lipinski definition) is 1. The molecule has 170 valence electrons. The molecule has 1 unspecified atom stereocenters. The van der Waals surface area contributed by atoms with Crippen molar-refractivity contribution in [1.82, 2.24) is 0 Å². The number of rotatable bonds is 22. The number of aliphatic hydroxyl groups is 1. The summed E-state index contributed by atoms with van der Waals surface area (Å²) in [4.78, 5) is 0. The molecule has 0 aliphatic carbocycles. The molecule has 0 spiro atoms. The Hall–Kier alpha value is 1.51. The maximum absolute atomic E-state index is 11.5. The van der Waals surface area contributed by atoms with Gasteiger partial charge in [0.05, 0.1) is 10.1 Å². The molecule has 0 bridgehead atoms. The first-order valence-electron chi connectivity index (χ1n) is 12.1. The van der Waals surface area contributed by atoms with Crippen LogP contribution >= 0.6 is 0 Å². The second-order valence-corrected chi connectivity index (χ2v) is 10.1. The molecule has 4 nitrogen and oxygen atoms in total. The summed E-state index contributed by atoms with van der Waals surface area (Å²) in [5.74, 6) is 0. The minimum absolute atomic E-state index is 0. The van der Waals surface area contributed by atoms with Gasteiger partial charge in [0.2, 0.25) is 0 Å². The Kier molecular flexibility index (Phi) is 27.2. The molecule has 0 aromatic carbocycles. The minimum Gasteiger partial charge on any atom is -0.748 e. The predicted molar refractivity (Wildman–Crippen MR) is 119 cm³/mol. The van der Waals surface area contributed by atoms with Crippen molar-refractivity contribution in [1.29, 1.82) is 0 Å². The van der Waals surface area contributed by atoms with Crippen LogP contribution in [0.5, 0.6) is 0 Å². The summed E-state index contributed by atoms with van der Waals surface area (Å²) in [5, 5.41) is 8.05. The van der Waals surface area contributed by atoms with E-state index in [1.807, 2.05) is 0 Å². The van der Waals surface area contributed by atoms with E-state index in [9.17, 15) is 13.0 Å². The van der Waals surface area contributed by atoms with Gasteiger partial charge in [-0.1, -0.05) is 116 Å². The van der Waals surface area contributed by atoms with Gasteiger partial charge < -0.3 is 9.66 Å². The van der Waals surface area contributed by atoms with Crippen LogP contribution in [0.4, 0.5) is 0 Å². The van der Waals surface area contributed by atoms with Crippen molar-refractivity contribution >= 4 is 10.1 Å². The van der Waals surface area contributed by atoms with Gasteiger partial charge in [-0.25, -0.2) is 8.42 Å². The summed E-state index contributed by atoms with van der Waals surface area (Å²) in [7, 11) is -4.16. The van der Waals surface area contributed by atoms with Gasteiger partial charge in [0.25, 0.3) is 0 Å². The van der Waals surface area contributed by atoms with Gasteiger partial charge in [0.1, 0.15) is 0 Å². The molecule has 29 heavy (non-hydrogen) atoms. The Labute approximate surface area is 224 Å². The molecular weight excluding hydrogens is 411 g/mol. The molecule has 0 aliphatic rings. The Balaban J connectivity index is 0. The van der Waals surface area contributed by atoms with Gasteiger partial charge in [-0.2, -0.15) is 0 Å². The first-order valence-corrected chi connectivity index (χ1v) is 13.5. The third-order valence-corrected chi connectivity index (χ3v) is 7.01. The zero-order valence-electron chi connectivity index (χ0n) is 19.5. The zero-order valence-corrected chi connectivity index (χ0v) is 23.4. The largest absolute Gasteiger partial charge is 1.00 e. The zero-order chi connectivity index (χ0) is 20.9. The van der Waals surface area contributed by atoms with Crippen molar-refractivity contribution in [2.24, 2.45) is 0 Å². The predicted octanol–water partition coefficient (Wildman–Crippen LogP) is 3.72. The van der Waals surface area contributed by atoms with Gasteiger partial charge in [0, 0.05) is 11.9 Å². The average Bonchev–Trinajstić information content (AvgIpc) is 2.65. The van der Waals surface area contributed by atoms with E-state index in [2.05, 4.69) is 6.92 Å². The van der Waals surface area contributed by atoms with E-state index in [0.717, 1.165) is 57.8 Å². The van der Waals surface area contributed by atoms with E-state index in [1.165, 1.54) is 57.8 Å². The summed E-state index contributed by atoms with van der Waals surface area (Å²) >= 11 is 0. The topological polar surface area (TPSA) is 77.4 Å². The molecule has 0 saturated carbocycles. The molecular formula is C23H47KO4S. The van der Waals surface area contributed by atoms with Crippen LogP contribution in [-0.4, -0.2) is 29.9 Å². The molecule has 0 heterocycles. The molecule has 1 N–H and O–H groups in total. The summed E-state index contributed by atoms with van der Waals surface area (Å²) in [6.07, 6.45) is 21.9. The standard InChI is InChI=1S/C23H48O4S.K/c1-2-3-4-5-6-7-8-9-10-11-14-17-20-23(28(25,26)27)21-18-15-12-13-16-19-22-24;/h23-24H,2-22H2,1H3,(H,25,26,27);/q;+1/p-1. The molecule has 0 aromatic heterocycles. The van der Waals surface area contributed by atoms with Gasteiger partial charge in [0.15, 0.2) is 0 Å². The SMILES string of the molecule is CCCCCCCCCCCCCCC(CCCCCCCCO)S(=O)(=O)[O-].[K+]. The van der Waals surface area contributed by atoms with E-state index in [0.29, 0.717) is 12.8 Å². The first-order chi connectivity index (χ1) is 13.5. The molecule has 0 aromatic rings. The van der Waals surface area contributed by atoms with Gasteiger partial charge in [-0.3, -0.25) is 0 Å². The Bertz CT molecular complexity index is 415. The fourth-order valence-corrected chi connectivity index (χ4v) is 4.75. The van der Waals surface area contributed by atoms with Crippen molar-refractivity contribution in [3.05, 3.63) is 0 Å². The number of aliphatic hydroxyl groups excluding tert-OH is 1. The van der Waals surface area contributed by atoms with Crippen molar-refractivity contribution in [3.8, 4) is 0 Å². The molecule has 0 fully saturated rings. The summed E-state index contributed by atoms with van der Waals surface area (Å²) in [6.45, 7) is 2.49. The van der Waals surface area contributed by atoms with E-state index in [4.69, 9.17) is 5.11 Å². The van der Waals surface area contributed by atoms with E-state index in [-0.39, 0.29) is 58.0 Å². The maximum atomic E-state index is 11.5. The number of hydrogen-bond acceptors (Lipinski definition) is 4. The summed E-state index contributed by atoms with van der Waals surface area (Å²) in [6, 6.07) is 0. The smallest absolute Gasteiger partial charge is 0.748 e. The quantitative estimate of drug-likeness (QED) is 0.152. The maximum Gasteiger partial charge on any atom is 1.00 e. The van der Waals surface area contributed by atoms with E-state index >= 15 is 0 Å². The monoisotopic (exact) mass is 458 g/mol. The Morgan fingerprint density at radius 2 is 0.931 bits per heavy atom.